The van der Waals surface area contributed by atoms with E-state index in [9.17, 15) is 0 Å². The molecule has 1 aromatic heterocycles. The SMILES string of the molecule is Cn1cncc1C(NN)C1=CCCCO1. The molecule has 3 N–H and O–H groups in total. The van der Waals surface area contributed by atoms with E-state index in [1.165, 1.54) is 0 Å². The van der Waals surface area contributed by atoms with Crippen LogP contribution in [0.4, 0.5) is 0 Å². The van der Waals surface area contributed by atoms with E-state index in [2.05, 4.69) is 16.5 Å². The summed E-state index contributed by atoms with van der Waals surface area (Å²) < 4.78 is 7.52. The molecular formula is C10H16N4O. The van der Waals surface area contributed by atoms with Gasteiger partial charge in [-0.15, -0.1) is 0 Å². The molecule has 0 saturated heterocycles. The van der Waals surface area contributed by atoms with Crippen molar-refractivity contribution >= 4 is 0 Å². The highest BCUT2D eigenvalue weighted by molar-refractivity contribution is 5.18. The van der Waals surface area contributed by atoms with E-state index in [4.69, 9.17) is 10.6 Å². The van der Waals surface area contributed by atoms with Gasteiger partial charge < -0.3 is 9.30 Å². The largest absolute Gasteiger partial charge is 0.496 e. The van der Waals surface area contributed by atoms with Crippen LogP contribution in [0.2, 0.25) is 0 Å². The van der Waals surface area contributed by atoms with Crippen LogP contribution in [0.3, 0.4) is 0 Å². The molecular weight excluding hydrogens is 192 g/mol. The molecule has 1 atom stereocenters. The minimum Gasteiger partial charge on any atom is -0.496 e. The first-order valence-electron chi connectivity index (χ1n) is 5.08. The number of nitrogens with two attached hydrogens (primary N) is 1. The van der Waals surface area contributed by atoms with Crippen LogP contribution in [0.1, 0.15) is 24.6 Å². The first-order chi connectivity index (χ1) is 7.33. The molecule has 0 aliphatic carbocycles. The Balaban J connectivity index is 2.24. The van der Waals surface area contributed by atoms with E-state index in [0.29, 0.717) is 0 Å². The lowest BCUT2D eigenvalue weighted by atomic mass is 10.1. The summed E-state index contributed by atoms with van der Waals surface area (Å²) in [6, 6.07) is -0.0993. The van der Waals surface area contributed by atoms with Crippen molar-refractivity contribution < 1.29 is 4.74 Å². The van der Waals surface area contributed by atoms with Crippen molar-refractivity contribution in [2.24, 2.45) is 12.9 Å². The molecule has 1 aromatic rings. The van der Waals surface area contributed by atoms with Crippen molar-refractivity contribution in [3.05, 3.63) is 30.1 Å². The average molecular weight is 208 g/mol. The third kappa shape index (κ3) is 2.03. The number of nitrogens with zero attached hydrogens (tertiary/aromatic N) is 2. The predicted molar refractivity (Wildman–Crippen MR) is 56.5 cm³/mol. The number of rotatable bonds is 3. The first kappa shape index (κ1) is 10.2. The number of aryl methyl sites for hydroxylation is 1. The van der Waals surface area contributed by atoms with Gasteiger partial charge in [0.25, 0.3) is 0 Å². The van der Waals surface area contributed by atoms with Crippen LogP contribution in [-0.2, 0) is 11.8 Å². The van der Waals surface area contributed by atoms with Gasteiger partial charge >= 0.3 is 0 Å². The van der Waals surface area contributed by atoms with Crippen LogP contribution in [0, 0.1) is 0 Å². The van der Waals surface area contributed by atoms with Gasteiger partial charge in [-0.25, -0.2) is 10.4 Å². The molecule has 5 nitrogen and oxygen atoms in total. The Morgan fingerprint density at radius 2 is 2.53 bits per heavy atom. The summed E-state index contributed by atoms with van der Waals surface area (Å²) in [4.78, 5) is 4.07. The van der Waals surface area contributed by atoms with Gasteiger partial charge in [-0.05, 0) is 18.9 Å². The second kappa shape index (κ2) is 4.46. The standard InChI is InChI=1S/C10H16N4O/c1-14-7-12-6-8(14)10(13-11)9-4-2-3-5-15-9/h4,6-7,10,13H,2-3,5,11H2,1H3. The van der Waals surface area contributed by atoms with Gasteiger partial charge in [0.2, 0.25) is 0 Å². The van der Waals surface area contributed by atoms with Gasteiger partial charge in [0.15, 0.2) is 0 Å². The van der Waals surface area contributed by atoms with Crippen LogP contribution < -0.4 is 11.3 Å². The third-order valence-electron chi connectivity index (χ3n) is 2.56. The van der Waals surface area contributed by atoms with Crippen LogP contribution in [0.5, 0.6) is 0 Å². The summed E-state index contributed by atoms with van der Waals surface area (Å²) in [5.74, 6) is 6.45. The van der Waals surface area contributed by atoms with E-state index in [0.717, 1.165) is 30.9 Å². The molecule has 1 aliphatic heterocycles. The Kier molecular flexibility index (Phi) is 3.03. The Bertz CT molecular complexity index is 358. The van der Waals surface area contributed by atoms with E-state index >= 15 is 0 Å². The van der Waals surface area contributed by atoms with Gasteiger partial charge in [0, 0.05) is 7.05 Å². The van der Waals surface area contributed by atoms with Crippen LogP contribution in [-0.4, -0.2) is 16.2 Å². The lowest BCUT2D eigenvalue weighted by Gasteiger charge is -2.23. The molecule has 0 radical (unpaired) electrons. The minimum atomic E-state index is -0.0993. The van der Waals surface area contributed by atoms with Gasteiger partial charge in [-0.3, -0.25) is 5.84 Å². The van der Waals surface area contributed by atoms with Crippen molar-refractivity contribution in [3.8, 4) is 0 Å². The van der Waals surface area contributed by atoms with Crippen molar-refractivity contribution in [1.29, 1.82) is 0 Å². The summed E-state index contributed by atoms with van der Waals surface area (Å²) in [6.07, 6.45) is 7.75. The molecule has 0 spiro atoms. The average Bonchev–Trinajstić information content (AvgIpc) is 2.68. The minimum absolute atomic E-state index is 0.0993. The molecule has 15 heavy (non-hydrogen) atoms. The Labute approximate surface area is 88.9 Å². The summed E-state index contributed by atoms with van der Waals surface area (Å²) in [5.41, 5.74) is 3.77. The zero-order valence-corrected chi connectivity index (χ0v) is 8.81. The summed E-state index contributed by atoms with van der Waals surface area (Å²) >= 11 is 0. The number of imidazole rings is 1. The molecule has 1 aliphatic rings. The number of aromatic nitrogens is 2. The number of hydrogen-bond donors (Lipinski definition) is 2. The van der Waals surface area contributed by atoms with E-state index < -0.39 is 0 Å². The maximum absolute atomic E-state index is 5.59. The highest BCUT2D eigenvalue weighted by Crippen LogP contribution is 2.24. The topological polar surface area (TPSA) is 65.1 Å². The van der Waals surface area contributed by atoms with E-state index in [-0.39, 0.29) is 6.04 Å². The molecule has 0 aromatic carbocycles. The van der Waals surface area contributed by atoms with Crippen molar-refractivity contribution in [1.82, 2.24) is 15.0 Å². The molecule has 0 bridgehead atoms. The van der Waals surface area contributed by atoms with Gasteiger partial charge in [-0.2, -0.15) is 0 Å². The van der Waals surface area contributed by atoms with Crippen LogP contribution >= 0.6 is 0 Å². The molecule has 5 heteroatoms. The van der Waals surface area contributed by atoms with Gasteiger partial charge in [-0.1, -0.05) is 0 Å². The molecule has 1 unspecified atom stereocenters. The van der Waals surface area contributed by atoms with Gasteiger partial charge in [0.1, 0.15) is 11.8 Å². The second-order valence-corrected chi connectivity index (χ2v) is 3.63. The highest BCUT2D eigenvalue weighted by Gasteiger charge is 2.20. The zero-order valence-electron chi connectivity index (χ0n) is 8.81. The third-order valence-corrected chi connectivity index (χ3v) is 2.56. The highest BCUT2D eigenvalue weighted by atomic mass is 16.5. The summed E-state index contributed by atoms with van der Waals surface area (Å²) in [6.45, 7) is 0.766. The molecule has 82 valence electrons. The van der Waals surface area contributed by atoms with Crippen LogP contribution in [0.25, 0.3) is 0 Å². The first-order valence-corrected chi connectivity index (χ1v) is 5.08. The number of hydrogen-bond acceptors (Lipinski definition) is 4. The number of ether oxygens (including phenoxy) is 1. The fourth-order valence-electron chi connectivity index (χ4n) is 1.74. The maximum Gasteiger partial charge on any atom is 0.120 e. The van der Waals surface area contributed by atoms with Crippen LogP contribution in [0.15, 0.2) is 24.4 Å². The van der Waals surface area contributed by atoms with Crippen molar-refractivity contribution in [2.45, 2.75) is 18.9 Å². The number of allylic oxidation sites excluding steroid dienone is 1. The quantitative estimate of drug-likeness (QED) is 0.564. The normalized spacial score (nSPS) is 18.1. The predicted octanol–water partition coefficient (Wildman–Crippen LogP) is 0.619. The summed E-state index contributed by atoms with van der Waals surface area (Å²) in [7, 11) is 1.94. The summed E-state index contributed by atoms with van der Waals surface area (Å²) in [5, 5.41) is 0. The molecule has 0 amide bonds. The lowest BCUT2D eigenvalue weighted by Crippen LogP contribution is -2.32. The second-order valence-electron chi connectivity index (χ2n) is 3.63. The van der Waals surface area contributed by atoms with E-state index in [1.54, 1.807) is 12.5 Å². The van der Waals surface area contributed by atoms with Gasteiger partial charge in [0.05, 0.1) is 24.8 Å². The molecule has 0 saturated carbocycles. The lowest BCUT2D eigenvalue weighted by molar-refractivity contribution is 0.166. The fourth-order valence-corrected chi connectivity index (χ4v) is 1.74. The molecule has 2 heterocycles. The molecule has 0 fully saturated rings. The number of nitrogens with one attached hydrogen (secondary N) is 1. The fraction of sp³-hybridized carbons (Fsp3) is 0.500. The zero-order chi connectivity index (χ0) is 10.7. The Hall–Kier alpha value is -1.33. The Morgan fingerprint density at radius 3 is 3.07 bits per heavy atom. The smallest absolute Gasteiger partial charge is 0.120 e. The Morgan fingerprint density at radius 1 is 1.67 bits per heavy atom. The number of hydrazine groups is 1. The van der Waals surface area contributed by atoms with Crippen molar-refractivity contribution in [3.63, 3.8) is 0 Å². The molecule has 2 rings (SSSR count). The van der Waals surface area contributed by atoms with Crippen molar-refractivity contribution in [2.75, 3.05) is 6.61 Å². The van der Waals surface area contributed by atoms with E-state index in [1.807, 2.05) is 11.6 Å². The monoisotopic (exact) mass is 208 g/mol. The maximum atomic E-state index is 5.59.